The maximum atomic E-state index is 12.4. The third kappa shape index (κ3) is 3.96. The van der Waals surface area contributed by atoms with Crippen molar-refractivity contribution in [3.8, 4) is 0 Å². The minimum Gasteiger partial charge on any atom is -0.356 e. The molecule has 1 amide bonds. The van der Waals surface area contributed by atoms with Gasteiger partial charge < -0.3 is 9.88 Å². The van der Waals surface area contributed by atoms with E-state index in [-0.39, 0.29) is 11.8 Å². The second-order valence-electron chi connectivity index (χ2n) is 7.47. The minimum absolute atomic E-state index is 0.254. The first-order valence-electron chi connectivity index (χ1n) is 9.22. The van der Waals surface area contributed by atoms with Crippen molar-refractivity contribution < 1.29 is 4.79 Å². The number of rotatable bonds is 7. The van der Waals surface area contributed by atoms with E-state index in [0.717, 1.165) is 45.6 Å². The Balaban J connectivity index is 1.16. The highest BCUT2D eigenvalue weighted by molar-refractivity contribution is 7.07. The van der Waals surface area contributed by atoms with Gasteiger partial charge in [-0.25, -0.2) is 4.98 Å². The quantitative estimate of drug-likeness (QED) is 0.774. The largest absolute Gasteiger partial charge is 0.356 e. The zero-order chi connectivity index (χ0) is 17.1. The standard InChI is InChI=1S/C19H26N4OS/c24-18(21-5-1-7-23-10-6-20-15-23)17-12-19(17)3-8-22(9-4-19)13-16-2-11-25-14-16/h2,6,10-11,14-15,17H,1,3-5,7-9,12-13H2,(H,21,24). The van der Waals surface area contributed by atoms with Crippen LogP contribution in [0.5, 0.6) is 0 Å². The van der Waals surface area contributed by atoms with Crippen molar-refractivity contribution in [1.82, 2.24) is 19.8 Å². The Morgan fingerprint density at radius 3 is 3.00 bits per heavy atom. The molecule has 2 fully saturated rings. The van der Waals surface area contributed by atoms with Crippen molar-refractivity contribution in [2.45, 2.75) is 38.8 Å². The Morgan fingerprint density at radius 1 is 1.40 bits per heavy atom. The molecule has 134 valence electrons. The lowest BCUT2D eigenvalue weighted by molar-refractivity contribution is -0.123. The number of amides is 1. The molecule has 0 aromatic carbocycles. The van der Waals surface area contributed by atoms with Crippen LogP contribution in [0.2, 0.25) is 0 Å². The first kappa shape index (κ1) is 16.8. The SMILES string of the molecule is O=C(NCCCn1ccnc1)C1CC12CCN(Cc1ccsc1)CC2. The lowest BCUT2D eigenvalue weighted by atomic mass is 9.90. The van der Waals surface area contributed by atoms with Crippen molar-refractivity contribution in [2.75, 3.05) is 19.6 Å². The van der Waals surface area contributed by atoms with Gasteiger partial charge in [0.15, 0.2) is 0 Å². The normalized spacial score (nSPS) is 22.2. The number of aryl methyl sites for hydroxylation is 1. The van der Waals surface area contributed by atoms with Gasteiger partial charge in [0.2, 0.25) is 5.91 Å². The van der Waals surface area contributed by atoms with E-state index >= 15 is 0 Å². The van der Waals surface area contributed by atoms with E-state index in [4.69, 9.17) is 0 Å². The fraction of sp³-hybridized carbons (Fsp3) is 0.579. The van der Waals surface area contributed by atoms with Gasteiger partial charge in [-0.05, 0) is 66.6 Å². The molecule has 1 aliphatic carbocycles. The van der Waals surface area contributed by atoms with Gasteiger partial charge in [-0.15, -0.1) is 0 Å². The van der Waals surface area contributed by atoms with Crippen LogP contribution in [0.25, 0.3) is 0 Å². The molecule has 2 aromatic heterocycles. The number of hydrogen-bond donors (Lipinski definition) is 1. The monoisotopic (exact) mass is 358 g/mol. The van der Waals surface area contributed by atoms with Gasteiger partial charge in [0, 0.05) is 37.9 Å². The molecule has 25 heavy (non-hydrogen) atoms. The lowest BCUT2D eigenvalue weighted by Gasteiger charge is -2.32. The fourth-order valence-corrected chi connectivity index (χ4v) is 4.74. The first-order valence-corrected chi connectivity index (χ1v) is 10.2. The highest BCUT2D eigenvalue weighted by atomic mass is 32.1. The third-order valence-electron chi connectivity index (χ3n) is 5.80. The van der Waals surface area contributed by atoms with E-state index in [1.165, 1.54) is 18.4 Å². The van der Waals surface area contributed by atoms with Crippen LogP contribution in [0.4, 0.5) is 0 Å². The summed E-state index contributed by atoms with van der Waals surface area (Å²) in [6.07, 6.45) is 9.96. The Kier molecular flexibility index (Phi) is 4.90. The van der Waals surface area contributed by atoms with Gasteiger partial charge in [-0.1, -0.05) is 0 Å². The van der Waals surface area contributed by atoms with E-state index in [0.29, 0.717) is 5.41 Å². The lowest BCUT2D eigenvalue weighted by Crippen LogP contribution is -2.36. The molecule has 5 nitrogen and oxygen atoms in total. The molecule has 0 radical (unpaired) electrons. The molecule has 3 heterocycles. The fourth-order valence-electron chi connectivity index (χ4n) is 4.08. The van der Waals surface area contributed by atoms with Gasteiger partial charge in [-0.2, -0.15) is 11.3 Å². The summed E-state index contributed by atoms with van der Waals surface area (Å²) in [7, 11) is 0. The average molecular weight is 359 g/mol. The van der Waals surface area contributed by atoms with E-state index in [1.807, 2.05) is 17.1 Å². The van der Waals surface area contributed by atoms with Crippen LogP contribution in [0.3, 0.4) is 0 Å². The molecular weight excluding hydrogens is 332 g/mol. The molecule has 1 atom stereocenters. The van der Waals surface area contributed by atoms with E-state index in [9.17, 15) is 4.79 Å². The maximum absolute atomic E-state index is 12.4. The van der Waals surface area contributed by atoms with Crippen LogP contribution in [0, 0.1) is 11.3 Å². The molecule has 0 bridgehead atoms. The minimum atomic E-state index is 0.254. The molecule has 1 saturated carbocycles. The molecule has 1 saturated heterocycles. The molecular formula is C19H26N4OS. The topological polar surface area (TPSA) is 50.2 Å². The summed E-state index contributed by atoms with van der Waals surface area (Å²) >= 11 is 1.77. The van der Waals surface area contributed by atoms with Crippen molar-refractivity contribution in [3.63, 3.8) is 0 Å². The number of aromatic nitrogens is 2. The van der Waals surface area contributed by atoms with Gasteiger partial charge in [0.05, 0.1) is 6.33 Å². The number of imidazole rings is 1. The number of hydrogen-bond acceptors (Lipinski definition) is 4. The van der Waals surface area contributed by atoms with Crippen LogP contribution in [-0.4, -0.2) is 40.0 Å². The van der Waals surface area contributed by atoms with Crippen LogP contribution in [0.1, 0.15) is 31.2 Å². The molecule has 2 aliphatic rings. The van der Waals surface area contributed by atoms with Crippen LogP contribution in [-0.2, 0) is 17.9 Å². The molecule has 2 aromatic rings. The molecule has 1 aliphatic heterocycles. The smallest absolute Gasteiger partial charge is 0.223 e. The third-order valence-corrected chi connectivity index (χ3v) is 6.53. The number of carbonyl (C=O) groups is 1. The predicted octanol–water partition coefficient (Wildman–Crippen LogP) is 2.75. The van der Waals surface area contributed by atoms with Gasteiger partial charge in [0.1, 0.15) is 0 Å². The first-order chi connectivity index (χ1) is 12.3. The van der Waals surface area contributed by atoms with Gasteiger partial charge in [0.25, 0.3) is 0 Å². The summed E-state index contributed by atoms with van der Waals surface area (Å²) in [6.45, 7) is 4.98. The Labute approximate surface area is 153 Å². The Hall–Kier alpha value is -1.66. The van der Waals surface area contributed by atoms with Crippen LogP contribution >= 0.6 is 11.3 Å². The highest BCUT2D eigenvalue weighted by Gasteiger charge is 2.58. The molecule has 4 rings (SSSR count). The summed E-state index contributed by atoms with van der Waals surface area (Å²) in [5.74, 6) is 0.529. The number of piperidine rings is 1. The zero-order valence-corrected chi connectivity index (χ0v) is 15.4. The average Bonchev–Trinajstić information content (AvgIpc) is 3.04. The number of likely N-dealkylation sites (tertiary alicyclic amines) is 1. The van der Waals surface area contributed by atoms with Crippen LogP contribution in [0.15, 0.2) is 35.5 Å². The maximum Gasteiger partial charge on any atom is 0.223 e. The molecule has 1 unspecified atom stereocenters. The summed E-state index contributed by atoms with van der Waals surface area (Å²) in [5, 5.41) is 7.53. The van der Waals surface area contributed by atoms with Crippen molar-refractivity contribution in [1.29, 1.82) is 0 Å². The van der Waals surface area contributed by atoms with Crippen molar-refractivity contribution in [2.24, 2.45) is 11.3 Å². The van der Waals surface area contributed by atoms with Crippen LogP contribution < -0.4 is 5.32 Å². The molecule has 6 heteroatoms. The highest BCUT2D eigenvalue weighted by Crippen LogP contribution is 2.59. The zero-order valence-electron chi connectivity index (χ0n) is 14.6. The van der Waals surface area contributed by atoms with E-state index in [1.54, 1.807) is 17.5 Å². The van der Waals surface area contributed by atoms with Crippen molar-refractivity contribution in [3.05, 3.63) is 41.1 Å². The Morgan fingerprint density at radius 2 is 2.28 bits per heavy atom. The number of nitrogens with zero attached hydrogens (tertiary/aromatic N) is 3. The summed E-state index contributed by atoms with van der Waals surface area (Å²) in [6, 6.07) is 2.21. The van der Waals surface area contributed by atoms with E-state index in [2.05, 4.69) is 32.0 Å². The number of thiophene rings is 1. The van der Waals surface area contributed by atoms with Gasteiger partial charge in [-0.3, -0.25) is 9.69 Å². The predicted molar refractivity (Wildman–Crippen MR) is 99.2 cm³/mol. The van der Waals surface area contributed by atoms with Gasteiger partial charge >= 0.3 is 0 Å². The summed E-state index contributed by atoms with van der Waals surface area (Å²) < 4.78 is 2.05. The summed E-state index contributed by atoms with van der Waals surface area (Å²) in [4.78, 5) is 19.0. The van der Waals surface area contributed by atoms with E-state index < -0.39 is 0 Å². The Bertz CT molecular complexity index is 674. The second-order valence-corrected chi connectivity index (χ2v) is 8.25. The second kappa shape index (κ2) is 7.30. The summed E-state index contributed by atoms with van der Waals surface area (Å²) in [5.41, 5.74) is 1.73. The number of nitrogens with one attached hydrogen (secondary N) is 1. The molecule has 1 N–H and O–H groups in total. The molecule has 1 spiro atoms. The van der Waals surface area contributed by atoms with Crippen molar-refractivity contribution >= 4 is 17.2 Å². The number of carbonyl (C=O) groups excluding carboxylic acids is 1.